The van der Waals surface area contributed by atoms with Gasteiger partial charge in [0.2, 0.25) is 0 Å². The van der Waals surface area contributed by atoms with Crippen molar-refractivity contribution in [3.8, 4) is 0 Å². The van der Waals surface area contributed by atoms with Crippen LogP contribution < -0.4 is 5.32 Å². The van der Waals surface area contributed by atoms with Crippen molar-refractivity contribution in [3.63, 3.8) is 0 Å². The number of esters is 1. The molecule has 0 spiro atoms. The smallest absolute Gasteiger partial charge is 0.329 e. The van der Waals surface area contributed by atoms with Crippen LogP contribution in [0.25, 0.3) is 0 Å². The number of aliphatic hydroxyl groups excluding tert-OH is 2. The first-order valence-electron chi connectivity index (χ1n) is 15.0. The maximum absolute atomic E-state index is 13.7. The van der Waals surface area contributed by atoms with Crippen molar-refractivity contribution >= 4 is 40.6 Å². The summed E-state index contributed by atoms with van der Waals surface area (Å²) in [5.74, 6) is -2.01. The largest absolute Gasteiger partial charge is 0.464 e. The lowest BCUT2D eigenvalue weighted by atomic mass is 9.46. The van der Waals surface area contributed by atoms with E-state index in [1.54, 1.807) is 31.0 Å². The number of ether oxygens (including phenoxy) is 1. The number of ketones is 2. The fraction of sp³-hybridized carbons (Fsp3) is 0.576. The summed E-state index contributed by atoms with van der Waals surface area (Å²) in [5.41, 5.74) is 0.732. The van der Waals surface area contributed by atoms with Crippen LogP contribution in [0.1, 0.15) is 46.5 Å². The van der Waals surface area contributed by atoms with Crippen LogP contribution in [-0.4, -0.2) is 70.2 Å². The number of para-hydroxylation sites is 1. The Labute approximate surface area is 253 Å². The first kappa shape index (κ1) is 30.6. The summed E-state index contributed by atoms with van der Waals surface area (Å²) >= 11 is 5.75. The first-order chi connectivity index (χ1) is 20.0. The van der Waals surface area contributed by atoms with Crippen molar-refractivity contribution in [2.75, 3.05) is 25.6 Å². The molecule has 4 aliphatic rings. The molecule has 3 fully saturated rings. The molecule has 0 bridgehead atoms. The van der Waals surface area contributed by atoms with E-state index in [0.29, 0.717) is 18.0 Å². The highest BCUT2D eigenvalue weighted by Crippen LogP contribution is 2.67. The van der Waals surface area contributed by atoms with E-state index < -0.39 is 47.4 Å². The Balaban J connectivity index is 1.53. The van der Waals surface area contributed by atoms with Gasteiger partial charge in [-0.15, -0.1) is 0 Å². The molecule has 0 heterocycles. The van der Waals surface area contributed by atoms with Gasteiger partial charge < -0.3 is 25.2 Å². The van der Waals surface area contributed by atoms with Gasteiger partial charge in [0.1, 0.15) is 12.6 Å². The molecule has 0 saturated heterocycles. The summed E-state index contributed by atoms with van der Waals surface area (Å²) in [6.07, 6.45) is 7.01. The molecular formula is C33H42N2O6S. The number of allylic oxidation sites excluding steroid dienone is 4. The maximum atomic E-state index is 13.7. The molecule has 9 atom stereocenters. The van der Waals surface area contributed by atoms with Crippen molar-refractivity contribution in [2.24, 2.45) is 40.4 Å². The molecule has 4 unspecified atom stereocenters. The minimum absolute atomic E-state index is 0.0155. The van der Waals surface area contributed by atoms with Crippen molar-refractivity contribution in [1.29, 1.82) is 0 Å². The number of likely N-dealkylation sites (N-methyl/N-ethyl adjacent to an activating group) is 1. The van der Waals surface area contributed by atoms with Crippen molar-refractivity contribution in [3.05, 3.63) is 54.1 Å². The number of fused-ring (bicyclic) bond motifs is 5. The molecule has 1 aromatic rings. The molecule has 0 radical (unpaired) electrons. The highest BCUT2D eigenvalue weighted by Gasteiger charge is 2.66. The van der Waals surface area contributed by atoms with Gasteiger partial charge in [0.05, 0.1) is 12.7 Å². The van der Waals surface area contributed by atoms with E-state index in [4.69, 9.17) is 17.0 Å². The summed E-state index contributed by atoms with van der Waals surface area (Å²) in [7, 11) is 1.74. The Hall–Kier alpha value is -2.88. The van der Waals surface area contributed by atoms with E-state index in [1.807, 2.05) is 43.3 Å². The zero-order chi connectivity index (χ0) is 30.4. The quantitative estimate of drug-likeness (QED) is 0.319. The lowest BCUT2D eigenvalue weighted by Gasteiger charge is -2.58. The first-order valence-corrected chi connectivity index (χ1v) is 15.4. The summed E-state index contributed by atoms with van der Waals surface area (Å²) in [5, 5.41) is 25.5. The number of benzene rings is 1. The van der Waals surface area contributed by atoms with Crippen molar-refractivity contribution in [1.82, 2.24) is 4.90 Å². The second-order valence-corrected chi connectivity index (χ2v) is 13.3. The van der Waals surface area contributed by atoms with Crippen LogP contribution in [0.15, 0.2) is 54.1 Å². The fourth-order valence-corrected chi connectivity index (χ4v) is 9.38. The van der Waals surface area contributed by atoms with Crippen LogP contribution in [0, 0.1) is 40.4 Å². The Bertz CT molecular complexity index is 1310. The normalized spacial score (nSPS) is 35.7. The van der Waals surface area contributed by atoms with E-state index in [9.17, 15) is 24.6 Å². The Morgan fingerprint density at radius 1 is 1.24 bits per heavy atom. The summed E-state index contributed by atoms with van der Waals surface area (Å²) in [4.78, 5) is 41.2. The molecule has 0 aliphatic heterocycles. The van der Waals surface area contributed by atoms with E-state index in [-0.39, 0.29) is 35.9 Å². The molecule has 9 heteroatoms. The van der Waals surface area contributed by atoms with Crippen LogP contribution in [-0.2, 0) is 19.1 Å². The number of hydrogen-bond acceptors (Lipinski definition) is 7. The molecule has 8 nitrogen and oxygen atoms in total. The third-order valence-corrected chi connectivity index (χ3v) is 11.2. The highest BCUT2D eigenvalue weighted by atomic mass is 32.1. The molecule has 3 saturated carbocycles. The van der Waals surface area contributed by atoms with Gasteiger partial charge in [-0.1, -0.05) is 43.7 Å². The SMILES string of the molecule is CCOC(=O)C([C@@H]1CC2[C@@H]3CCC4=CC(=O)C=C[C@]4(C)C3[C@@H](O)C[C@]2(C)C1C(=O)CO)N(C)C(=S)Nc1ccccc1. The maximum Gasteiger partial charge on any atom is 0.329 e. The molecule has 226 valence electrons. The molecule has 0 amide bonds. The van der Waals surface area contributed by atoms with Crippen LogP contribution in [0.4, 0.5) is 5.69 Å². The van der Waals surface area contributed by atoms with E-state index >= 15 is 0 Å². The van der Waals surface area contributed by atoms with Gasteiger partial charge in [0, 0.05) is 35.9 Å². The summed E-state index contributed by atoms with van der Waals surface area (Å²) in [6, 6.07) is 8.56. The van der Waals surface area contributed by atoms with Crippen LogP contribution in [0.3, 0.4) is 0 Å². The van der Waals surface area contributed by atoms with Gasteiger partial charge in [-0.2, -0.15) is 0 Å². The highest BCUT2D eigenvalue weighted by molar-refractivity contribution is 7.80. The molecule has 0 aromatic heterocycles. The number of thiocarbonyl (C=S) groups is 1. The molecule has 1 aromatic carbocycles. The minimum atomic E-state index is -0.867. The summed E-state index contributed by atoms with van der Waals surface area (Å²) in [6.45, 7) is 5.44. The number of rotatable bonds is 7. The lowest BCUT2D eigenvalue weighted by Crippen LogP contribution is -2.57. The van der Waals surface area contributed by atoms with Crippen LogP contribution >= 0.6 is 12.2 Å². The molecule has 3 N–H and O–H groups in total. The number of nitrogens with one attached hydrogen (secondary N) is 1. The summed E-state index contributed by atoms with van der Waals surface area (Å²) < 4.78 is 5.57. The average molecular weight is 595 g/mol. The predicted molar refractivity (Wildman–Crippen MR) is 163 cm³/mol. The van der Waals surface area contributed by atoms with Crippen LogP contribution in [0.5, 0.6) is 0 Å². The number of Topliss-reactive ketones (excluding diaryl/α,β-unsaturated/α-hetero) is 1. The predicted octanol–water partition coefficient (Wildman–Crippen LogP) is 3.93. The van der Waals surface area contributed by atoms with Crippen molar-refractivity contribution < 1.29 is 29.3 Å². The van der Waals surface area contributed by atoms with Gasteiger partial charge in [-0.05, 0) is 86.4 Å². The molecular weight excluding hydrogens is 552 g/mol. The second kappa shape index (κ2) is 11.7. The van der Waals surface area contributed by atoms with Gasteiger partial charge in [-0.3, -0.25) is 9.59 Å². The minimum Gasteiger partial charge on any atom is -0.464 e. The number of anilines is 1. The average Bonchev–Trinajstić information content (AvgIpc) is 3.25. The zero-order valence-electron chi connectivity index (χ0n) is 24.8. The zero-order valence-corrected chi connectivity index (χ0v) is 25.6. The second-order valence-electron chi connectivity index (χ2n) is 12.9. The van der Waals surface area contributed by atoms with Gasteiger partial charge in [-0.25, -0.2) is 4.79 Å². The third-order valence-electron chi connectivity index (χ3n) is 10.8. The number of carbonyl (C=O) groups is 3. The topological polar surface area (TPSA) is 116 Å². The Morgan fingerprint density at radius 2 is 1.95 bits per heavy atom. The van der Waals surface area contributed by atoms with Gasteiger partial charge in [0.25, 0.3) is 0 Å². The Kier molecular flexibility index (Phi) is 8.49. The number of hydrogen-bond donors (Lipinski definition) is 3. The van der Waals surface area contributed by atoms with Crippen LogP contribution in [0.2, 0.25) is 0 Å². The van der Waals surface area contributed by atoms with E-state index in [1.165, 1.54) is 0 Å². The number of nitrogens with zero attached hydrogens (tertiary/aromatic N) is 1. The van der Waals surface area contributed by atoms with E-state index in [2.05, 4.69) is 12.2 Å². The monoisotopic (exact) mass is 594 g/mol. The third kappa shape index (κ3) is 5.03. The van der Waals surface area contributed by atoms with Gasteiger partial charge in [0.15, 0.2) is 16.7 Å². The number of carbonyl (C=O) groups excluding carboxylic acids is 3. The molecule has 42 heavy (non-hydrogen) atoms. The van der Waals surface area contributed by atoms with Crippen molar-refractivity contribution in [2.45, 2.75) is 58.6 Å². The fourth-order valence-electron chi connectivity index (χ4n) is 9.15. The molecule has 4 aliphatic carbocycles. The number of aliphatic hydroxyl groups is 2. The Morgan fingerprint density at radius 3 is 2.62 bits per heavy atom. The molecule has 5 rings (SSSR count). The van der Waals surface area contributed by atoms with Gasteiger partial charge >= 0.3 is 5.97 Å². The van der Waals surface area contributed by atoms with E-state index in [0.717, 1.165) is 24.1 Å². The lowest BCUT2D eigenvalue weighted by molar-refractivity contribution is -0.152. The standard InChI is InChI=1S/C33H42N2O6S/c1-5-41-30(40)29(35(4)31(42)34-20-9-7-6-8-10-20)23-16-24-22-12-11-19-15-21(37)13-14-32(19,2)27(22)25(38)17-33(24,3)28(23)26(39)18-36/h6-10,13-15,22-25,27-29,36,38H,5,11-12,16-18H2,1-4H3,(H,34,42)/t22-,23+,24?,25-,27?,28?,29?,32-,33-/m0/s1.